The molecule has 0 radical (unpaired) electrons. The summed E-state index contributed by atoms with van der Waals surface area (Å²) < 4.78 is 7.46. The van der Waals surface area contributed by atoms with E-state index >= 15 is 0 Å². The molecule has 0 bridgehead atoms. The molecule has 0 spiro atoms. The van der Waals surface area contributed by atoms with Crippen molar-refractivity contribution >= 4 is 16.9 Å². The molecule has 0 unspecified atom stereocenters. The van der Waals surface area contributed by atoms with E-state index < -0.39 is 0 Å². The van der Waals surface area contributed by atoms with E-state index in [0.717, 1.165) is 23.1 Å². The van der Waals surface area contributed by atoms with E-state index in [1.807, 2.05) is 52.0 Å². The number of pyridine rings is 1. The number of nitrogens with zero attached hydrogens (tertiary/aromatic N) is 4. The summed E-state index contributed by atoms with van der Waals surface area (Å²) in [6, 6.07) is 13.4. The molecule has 1 amide bonds. The minimum atomic E-state index is 0.00479. The molecule has 1 aliphatic heterocycles. The lowest BCUT2D eigenvalue weighted by atomic mass is 10.0. The molecule has 2 aromatic heterocycles. The van der Waals surface area contributed by atoms with Gasteiger partial charge >= 0.3 is 0 Å². The number of fused-ring (bicyclic) bond motifs is 1. The van der Waals surface area contributed by atoms with Crippen LogP contribution in [0.1, 0.15) is 18.0 Å². The van der Waals surface area contributed by atoms with Crippen LogP contribution in [-0.4, -0.2) is 51.8 Å². The molecule has 1 aromatic carbocycles. The van der Waals surface area contributed by atoms with Crippen LogP contribution in [0.5, 0.6) is 5.75 Å². The predicted molar refractivity (Wildman–Crippen MR) is 102 cm³/mol. The van der Waals surface area contributed by atoms with Crippen LogP contribution in [0.2, 0.25) is 0 Å². The van der Waals surface area contributed by atoms with Crippen LogP contribution in [0.25, 0.3) is 11.0 Å². The van der Waals surface area contributed by atoms with Gasteiger partial charge in [0.1, 0.15) is 5.75 Å². The van der Waals surface area contributed by atoms with Crippen LogP contribution in [0, 0.1) is 0 Å². The highest BCUT2D eigenvalue weighted by atomic mass is 16.5. The van der Waals surface area contributed by atoms with Crippen molar-refractivity contribution in [2.75, 3.05) is 26.2 Å². The number of carbonyl (C=O) groups is 1. The first-order valence-corrected chi connectivity index (χ1v) is 9.23. The van der Waals surface area contributed by atoms with Crippen molar-refractivity contribution in [2.45, 2.75) is 18.9 Å². The van der Waals surface area contributed by atoms with Crippen LogP contribution in [0.3, 0.4) is 0 Å². The smallest absolute Gasteiger partial charge is 0.260 e. The fraction of sp³-hybridized carbons (Fsp3) is 0.350. The quantitative estimate of drug-likeness (QED) is 0.720. The number of ether oxygens (including phenoxy) is 1. The maximum absolute atomic E-state index is 12.5. The number of hydrogen-bond donors (Lipinski definition) is 1. The third-order valence-electron chi connectivity index (χ3n) is 4.91. The summed E-state index contributed by atoms with van der Waals surface area (Å²) in [5, 5.41) is 5.80. The highest BCUT2D eigenvalue weighted by molar-refractivity contribution is 5.80. The topological polar surface area (TPSA) is 86.3 Å². The van der Waals surface area contributed by atoms with Crippen molar-refractivity contribution in [3.05, 3.63) is 54.4 Å². The summed E-state index contributed by atoms with van der Waals surface area (Å²) in [4.78, 5) is 18.8. The van der Waals surface area contributed by atoms with Gasteiger partial charge in [0, 0.05) is 37.1 Å². The van der Waals surface area contributed by atoms with E-state index in [9.17, 15) is 4.79 Å². The second-order valence-corrected chi connectivity index (χ2v) is 6.70. The predicted octanol–water partition coefficient (Wildman–Crippen LogP) is 1.78. The van der Waals surface area contributed by atoms with Crippen molar-refractivity contribution in [2.24, 2.45) is 5.73 Å². The molecule has 140 valence electrons. The molecular weight excluding hydrogens is 342 g/mol. The van der Waals surface area contributed by atoms with E-state index in [0.29, 0.717) is 31.9 Å². The SMILES string of the molecule is NCCn1nc([C@H]2CCN(C(=O)COc3ccccc3)C2)c2cccnc21. The first kappa shape index (κ1) is 17.5. The molecule has 1 fully saturated rings. The Balaban J connectivity index is 1.45. The fourth-order valence-corrected chi connectivity index (χ4v) is 3.58. The van der Waals surface area contributed by atoms with Gasteiger partial charge in [0.05, 0.1) is 12.2 Å². The van der Waals surface area contributed by atoms with Gasteiger partial charge in [-0.25, -0.2) is 9.67 Å². The highest BCUT2D eigenvalue weighted by Gasteiger charge is 2.30. The molecule has 27 heavy (non-hydrogen) atoms. The maximum atomic E-state index is 12.5. The van der Waals surface area contributed by atoms with E-state index in [2.05, 4.69) is 4.98 Å². The van der Waals surface area contributed by atoms with Gasteiger partial charge in [0.15, 0.2) is 12.3 Å². The Bertz CT molecular complexity index is 925. The van der Waals surface area contributed by atoms with Gasteiger partial charge < -0.3 is 15.4 Å². The van der Waals surface area contributed by atoms with E-state index in [1.54, 1.807) is 6.20 Å². The average molecular weight is 365 g/mol. The number of nitrogens with two attached hydrogens (primary N) is 1. The number of likely N-dealkylation sites (tertiary alicyclic amines) is 1. The average Bonchev–Trinajstić information content (AvgIpc) is 3.33. The fourth-order valence-electron chi connectivity index (χ4n) is 3.58. The summed E-state index contributed by atoms with van der Waals surface area (Å²) in [5.74, 6) is 0.917. The molecule has 2 N–H and O–H groups in total. The molecule has 7 heteroatoms. The van der Waals surface area contributed by atoms with Crippen molar-refractivity contribution in [1.82, 2.24) is 19.7 Å². The standard InChI is InChI=1S/C20H23N5O2/c21-9-12-25-20-17(7-4-10-22-20)19(23-25)15-8-11-24(13-15)18(26)14-27-16-5-2-1-3-6-16/h1-7,10,15H,8-9,11-14,21H2/t15-/m0/s1. The molecule has 3 aromatic rings. The van der Waals surface area contributed by atoms with Gasteiger partial charge in [-0.1, -0.05) is 18.2 Å². The van der Waals surface area contributed by atoms with Gasteiger partial charge in [-0.05, 0) is 30.7 Å². The van der Waals surface area contributed by atoms with Crippen LogP contribution in [-0.2, 0) is 11.3 Å². The van der Waals surface area contributed by atoms with Crippen LogP contribution < -0.4 is 10.5 Å². The molecule has 4 rings (SSSR count). The van der Waals surface area contributed by atoms with Gasteiger partial charge in [-0.2, -0.15) is 5.10 Å². The summed E-state index contributed by atoms with van der Waals surface area (Å²) in [7, 11) is 0. The van der Waals surface area contributed by atoms with Crippen molar-refractivity contribution in [3.8, 4) is 5.75 Å². The number of hydrogen-bond acceptors (Lipinski definition) is 5. The van der Waals surface area contributed by atoms with E-state index in [4.69, 9.17) is 15.6 Å². The molecule has 0 aliphatic carbocycles. The summed E-state index contributed by atoms with van der Waals surface area (Å²) >= 11 is 0. The second-order valence-electron chi connectivity index (χ2n) is 6.70. The minimum absolute atomic E-state index is 0.00479. The largest absolute Gasteiger partial charge is 0.484 e. The van der Waals surface area contributed by atoms with Crippen molar-refractivity contribution in [1.29, 1.82) is 0 Å². The Labute approximate surface area is 157 Å². The monoisotopic (exact) mass is 365 g/mol. The third-order valence-corrected chi connectivity index (χ3v) is 4.91. The Morgan fingerprint density at radius 2 is 2.07 bits per heavy atom. The first-order chi connectivity index (χ1) is 13.3. The Morgan fingerprint density at radius 1 is 1.22 bits per heavy atom. The van der Waals surface area contributed by atoms with Gasteiger partial charge in [-0.15, -0.1) is 0 Å². The number of carbonyl (C=O) groups excluding carboxylic acids is 1. The number of benzene rings is 1. The highest BCUT2D eigenvalue weighted by Crippen LogP contribution is 2.31. The van der Waals surface area contributed by atoms with Gasteiger partial charge in [0.2, 0.25) is 0 Å². The number of rotatable bonds is 6. The Morgan fingerprint density at radius 3 is 2.89 bits per heavy atom. The number of amides is 1. The Hall–Kier alpha value is -2.93. The lowest BCUT2D eigenvalue weighted by Gasteiger charge is -2.16. The minimum Gasteiger partial charge on any atom is -0.484 e. The summed E-state index contributed by atoms with van der Waals surface area (Å²) in [5.41, 5.74) is 7.56. The first-order valence-electron chi connectivity index (χ1n) is 9.23. The summed E-state index contributed by atoms with van der Waals surface area (Å²) in [6.45, 7) is 2.57. The number of para-hydroxylation sites is 1. The van der Waals surface area contributed by atoms with Crippen LogP contribution >= 0.6 is 0 Å². The molecule has 0 saturated carbocycles. The molecule has 7 nitrogen and oxygen atoms in total. The molecule has 3 heterocycles. The number of aromatic nitrogens is 3. The third kappa shape index (κ3) is 3.64. The van der Waals surface area contributed by atoms with Crippen LogP contribution in [0.4, 0.5) is 0 Å². The van der Waals surface area contributed by atoms with Gasteiger partial charge in [-0.3, -0.25) is 4.79 Å². The molecule has 1 atom stereocenters. The molecule has 1 aliphatic rings. The molecular formula is C20H23N5O2. The Kier molecular flexibility index (Phi) is 5.02. The lowest BCUT2D eigenvalue weighted by molar-refractivity contribution is -0.132. The molecule has 1 saturated heterocycles. The second kappa shape index (κ2) is 7.75. The van der Waals surface area contributed by atoms with Gasteiger partial charge in [0.25, 0.3) is 5.91 Å². The summed E-state index contributed by atoms with van der Waals surface area (Å²) in [6.07, 6.45) is 2.66. The normalized spacial score (nSPS) is 16.8. The van der Waals surface area contributed by atoms with Crippen LogP contribution in [0.15, 0.2) is 48.7 Å². The zero-order valence-corrected chi connectivity index (χ0v) is 15.1. The maximum Gasteiger partial charge on any atom is 0.260 e. The van der Waals surface area contributed by atoms with E-state index in [1.165, 1.54) is 0 Å². The zero-order valence-electron chi connectivity index (χ0n) is 15.1. The van der Waals surface area contributed by atoms with Crippen molar-refractivity contribution < 1.29 is 9.53 Å². The van der Waals surface area contributed by atoms with Crippen molar-refractivity contribution in [3.63, 3.8) is 0 Å². The zero-order chi connectivity index (χ0) is 18.6. The van der Waals surface area contributed by atoms with E-state index in [-0.39, 0.29) is 18.4 Å². The lowest BCUT2D eigenvalue weighted by Crippen LogP contribution is -2.32.